The Balaban J connectivity index is 1.53. The summed E-state index contributed by atoms with van der Waals surface area (Å²) in [5.74, 6) is -0.905. The van der Waals surface area contributed by atoms with Gasteiger partial charge >= 0.3 is 6.03 Å². The second-order valence-electron chi connectivity index (χ2n) is 6.58. The van der Waals surface area contributed by atoms with Crippen LogP contribution in [0.2, 0.25) is 0 Å². The Morgan fingerprint density at radius 3 is 1.97 bits per heavy atom. The lowest BCUT2D eigenvalue weighted by atomic mass is 10.1. The Labute approximate surface area is 170 Å². The number of hydrogen-bond donors (Lipinski definition) is 3. The molecular weight excluding hydrogens is 387 g/mol. The molecule has 1 aromatic heterocycles. The first-order valence-electron chi connectivity index (χ1n) is 9.14. The highest BCUT2D eigenvalue weighted by molar-refractivity contribution is 5.95. The van der Waals surface area contributed by atoms with Crippen LogP contribution < -0.4 is 21.6 Å². The molecule has 8 heteroatoms. The zero-order valence-corrected chi connectivity index (χ0v) is 15.7. The van der Waals surface area contributed by atoms with E-state index in [9.17, 15) is 18.8 Å². The number of aromatic nitrogens is 1. The van der Waals surface area contributed by atoms with Crippen molar-refractivity contribution in [3.8, 4) is 0 Å². The van der Waals surface area contributed by atoms with Crippen molar-refractivity contribution in [2.24, 2.45) is 0 Å². The number of carbonyl (C=O) groups is 2. The van der Waals surface area contributed by atoms with Gasteiger partial charge in [-0.1, -0.05) is 24.3 Å². The van der Waals surface area contributed by atoms with Gasteiger partial charge in [-0.3, -0.25) is 15.0 Å². The molecule has 0 radical (unpaired) electrons. The number of hydrogen-bond acceptors (Lipinski definition) is 3. The first-order valence-corrected chi connectivity index (χ1v) is 9.14. The van der Waals surface area contributed by atoms with Crippen molar-refractivity contribution in [3.63, 3.8) is 0 Å². The van der Waals surface area contributed by atoms with E-state index in [-0.39, 0.29) is 12.0 Å². The third kappa shape index (κ3) is 3.83. The maximum absolute atomic E-state index is 12.9. The van der Waals surface area contributed by atoms with Crippen molar-refractivity contribution < 1.29 is 14.0 Å². The van der Waals surface area contributed by atoms with Gasteiger partial charge in [0, 0.05) is 16.5 Å². The van der Waals surface area contributed by atoms with Gasteiger partial charge in [-0.15, -0.1) is 0 Å². The predicted octanol–water partition coefficient (Wildman–Crippen LogP) is 3.15. The minimum atomic E-state index is -0.676. The van der Waals surface area contributed by atoms with Crippen molar-refractivity contribution in [1.82, 2.24) is 15.4 Å². The highest BCUT2D eigenvalue weighted by Crippen LogP contribution is 2.18. The van der Waals surface area contributed by atoms with Gasteiger partial charge in [-0.2, -0.15) is 0 Å². The van der Waals surface area contributed by atoms with Gasteiger partial charge in [0.05, 0.1) is 11.0 Å². The summed E-state index contributed by atoms with van der Waals surface area (Å²) >= 11 is 0. The lowest BCUT2D eigenvalue weighted by Gasteiger charge is -2.15. The summed E-state index contributed by atoms with van der Waals surface area (Å²) in [6.07, 6.45) is 0. The quantitative estimate of drug-likeness (QED) is 0.362. The molecule has 0 atom stereocenters. The van der Waals surface area contributed by atoms with Crippen LogP contribution in [-0.2, 0) is 11.3 Å². The lowest BCUT2D eigenvalue weighted by molar-refractivity contribution is -0.122. The number of benzene rings is 3. The first kappa shape index (κ1) is 19.1. The number of rotatable bonds is 3. The molecule has 0 fully saturated rings. The number of hydrazine groups is 1. The smallest absolute Gasteiger partial charge is 0.331 e. The topological polar surface area (TPSA) is 92.2 Å². The summed E-state index contributed by atoms with van der Waals surface area (Å²) in [5, 5.41) is 3.49. The monoisotopic (exact) mass is 404 g/mol. The van der Waals surface area contributed by atoms with E-state index in [0.717, 1.165) is 0 Å². The summed E-state index contributed by atoms with van der Waals surface area (Å²) in [4.78, 5) is 37.2. The van der Waals surface area contributed by atoms with Gasteiger partial charge in [-0.25, -0.2) is 14.6 Å². The largest absolute Gasteiger partial charge is 0.337 e. The average Bonchev–Trinajstić information content (AvgIpc) is 2.77. The number of urea groups is 1. The van der Waals surface area contributed by atoms with Crippen LogP contribution in [0, 0.1) is 5.82 Å². The van der Waals surface area contributed by atoms with E-state index >= 15 is 0 Å². The van der Waals surface area contributed by atoms with Crippen molar-refractivity contribution in [2.75, 3.05) is 5.32 Å². The number of anilines is 1. The summed E-state index contributed by atoms with van der Waals surface area (Å²) in [5.41, 5.74) is 6.10. The molecule has 1 heterocycles. The molecule has 0 aliphatic carbocycles. The molecule has 4 aromatic rings. The van der Waals surface area contributed by atoms with Crippen molar-refractivity contribution in [2.45, 2.75) is 6.54 Å². The van der Waals surface area contributed by atoms with Gasteiger partial charge in [0.25, 0.3) is 5.91 Å². The van der Waals surface area contributed by atoms with Crippen LogP contribution in [0.15, 0.2) is 77.6 Å². The molecule has 0 aliphatic rings. The molecule has 0 unspecified atom stereocenters. The number of nitrogens with one attached hydrogen (secondary N) is 3. The molecular formula is C22H17FN4O3. The van der Waals surface area contributed by atoms with Crippen LogP contribution in [0.3, 0.4) is 0 Å². The van der Waals surface area contributed by atoms with E-state index in [1.807, 2.05) is 0 Å². The molecule has 3 N–H and O–H groups in total. The fourth-order valence-corrected chi connectivity index (χ4v) is 3.25. The van der Waals surface area contributed by atoms with E-state index in [2.05, 4.69) is 16.2 Å². The minimum Gasteiger partial charge on any atom is -0.331 e. The first-order chi connectivity index (χ1) is 14.5. The predicted molar refractivity (Wildman–Crippen MR) is 112 cm³/mol. The molecule has 150 valence electrons. The lowest BCUT2D eigenvalue weighted by Crippen LogP contribution is -2.45. The van der Waals surface area contributed by atoms with Crippen LogP contribution in [0.1, 0.15) is 0 Å². The molecule has 0 aliphatic heterocycles. The molecule has 4 rings (SSSR count). The van der Waals surface area contributed by atoms with E-state index in [4.69, 9.17) is 0 Å². The molecule has 3 amide bonds. The fourth-order valence-electron chi connectivity index (χ4n) is 3.25. The van der Waals surface area contributed by atoms with Crippen LogP contribution in [-0.4, -0.2) is 16.5 Å². The van der Waals surface area contributed by atoms with Crippen LogP contribution in [0.4, 0.5) is 14.9 Å². The van der Waals surface area contributed by atoms with Crippen LogP contribution >= 0.6 is 0 Å². The number of carbonyl (C=O) groups excluding carboxylic acids is 2. The molecule has 30 heavy (non-hydrogen) atoms. The normalized spacial score (nSPS) is 10.7. The maximum Gasteiger partial charge on any atom is 0.337 e. The second-order valence-corrected chi connectivity index (χ2v) is 6.58. The van der Waals surface area contributed by atoms with Crippen LogP contribution in [0.25, 0.3) is 21.8 Å². The summed E-state index contributed by atoms with van der Waals surface area (Å²) in [7, 11) is 0. The summed E-state index contributed by atoms with van der Waals surface area (Å²) in [6, 6.07) is 18.6. The van der Waals surface area contributed by atoms with Gasteiger partial charge in [0.1, 0.15) is 12.4 Å². The van der Waals surface area contributed by atoms with Crippen molar-refractivity contribution in [1.29, 1.82) is 0 Å². The Kier molecular flexibility index (Phi) is 5.13. The standard InChI is InChI=1S/C22H17FN4O3/c23-14-9-11-15(12-10-14)24-22(30)26-25-20(28)13-27-18-7-3-1-5-16(18)21(29)17-6-2-4-8-19(17)27/h1-12H,13H2,(H,25,28)(H2,24,26,30). The fraction of sp³-hybridized carbons (Fsp3) is 0.0455. The van der Waals surface area contributed by atoms with Gasteiger partial charge in [0.2, 0.25) is 0 Å². The number of para-hydroxylation sites is 2. The molecule has 0 bridgehead atoms. The molecule has 0 spiro atoms. The van der Waals surface area contributed by atoms with Gasteiger partial charge < -0.3 is 9.88 Å². The highest BCUT2D eigenvalue weighted by Gasteiger charge is 2.13. The molecule has 0 saturated heterocycles. The summed E-state index contributed by atoms with van der Waals surface area (Å²) in [6.45, 7) is -0.113. The number of fused-ring (bicyclic) bond motifs is 2. The van der Waals surface area contributed by atoms with E-state index in [1.54, 1.807) is 53.1 Å². The summed E-state index contributed by atoms with van der Waals surface area (Å²) < 4.78 is 14.6. The average molecular weight is 404 g/mol. The van der Waals surface area contributed by atoms with E-state index in [1.165, 1.54) is 24.3 Å². The number of nitrogens with zero attached hydrogens (tertiary/aromatic N) is 1. The van der Waals surface area contributed by atoms with E-state index in [0.29, 0.717) is 27.5 Å². The van der Waals surface area contributed by atoms with Crippen LogP contribution in [0.5, 0.6) is 0 Å². The highest BCUT2D eigenvalue weighted by atomic mass is 19.1. The SMILES string of the molecule is O=C(Cn1c2ccccc2c(=O)c2ccccc21)NNC(=O)Nc1ccc(F)cc1. The Morgan fingerprint density at radius 2 is 1.37 bits per heavy atom. The van der Waals surface area contributed by atoms with Crippen molar-refractivity contribution in [3.05, 3.63) is 88.8 Å². The Bertz CT molecular complexity index is 1260. The molecule has 7 nitrogen and oxygen atoms in total. The van der Waals surface area contributed by atoms with E-state index < -0.39 is 17.8 Å². The van der Waals surface area contributed by atoms with Crippen molar-refractivity contribution >= 4 is 39.4 Å². The maximum atomic E-state index is 12.9. The third-order valence-corrected chi connectivity index (χ3v) is 4.60. The van der Waals surface area contributed by atoms with Gasteiger partial charge in [0.15, 0.2) is 5.43 Å². The number of halogens is 1. The zero-order chi connectivity index (χ0) is 21.1. The number of pyridine rings is 1. The minimum absolute atomic E-state index is 0.102. The second kappa shape index (κ2) is 8.04. The van der Waals surface area contributed by atoms with Gasteiger partial charge in [-0.05, 0) is 48.5 Å². The zero-order valence-electron chi connectivity index (χ0n) is 15.7. The molecule has 0 saturated carbocycles. The number of amides is 3. The Hall–Kier alpha value is -4.20. The third-order valence-electron chi connectivity index (χ3n) is 4.60. The Morgan fingerprint density at radius 1 is 0.800 bits per heavy atom. The molecule has 3 aromatic carbocycles.